The van der Waals surface area contributed by atoms with E-state index in [2.05, 4.69) is 4.98 Å². The maximum absolute atomic E-state index is 11.7. The Bertz CT molecular complexity index is 627. The van der Waals surface area contributed by atoms with Crippen LogP contribution in [-0.2, 0) is 11.3 Å². The first-order valence-electron chi connectivity index (χ1n) is 6.49. The number of thiazole rings is 1. The Hall–Kier alpha value is -1.92. The zero-order valence-corrected chi connectivity index (χ0v) is 13.1. The van der Waals surface area contributed by atoms with Crippen LogP contribution >= 0.6 is 11.3 Å². The van der Waals surface area contributed by atoms with Crippen LogP contribution in [0.1, 0.15) is 22.2 Å². The Morgan fingerprint density at radius 2 is 2.29 bits per heavy atom. The summed E-state index contributed by atoms with van der Waals surface area (Å²) in [6.07, 6.45) is 0. The number of methoxy groups -OCH3 is 1. The summed E-state index contributed by atoms with van der Waals surface area (Å²) in [5, 5.41) is 9.56. The smallest absolute Gasteiger partial charge is 0.325 e. The van der Waals surface area contributed by atoms with E-state index in [1.54, 1.807) is 48.8 Å². The number of hydrogen-bond donors (Lipinski definition) is 1. The van der Waals surface area contributed by atoms with Gasteiger partial charge in [-0.15, -0.1) is 11.3 Å². The Morgan fingerprint density at radius 3 is 2.86 bits per heavy atom. The van der Waals surface area contributed by atoms with E-state index in [1.165, 1.54) is 11.3 Å². The molecule has 0 saturated heterocycles. The molecule has 112 valence electrons. The number of nitrogens with zero attached hydrogens (tertiary/aromatic N) is 2. The van der Waals surface area contributed by atoms with Crippen LogP contribution in [0.25, 0.3) is 0 Å². The SMILES string of the molecule is COc1cccc(C(C(=O)O)N(C)Cc2scnc2C)c1. The molecule has 1 aromatic heterocycles. The van der Waals surface area contributed by atoms with E-state index in [9.17, 15) is 9.90 Å². The fourth-order valence-electron chi connectivity index (χ4n) is 2.19. The number of aliphatic carboxylic acids is 1. The Kier molecular flexibility index (Phi) is 4.93. The molecule has 0 bridgehead atoms. The highest BCUT2D eigenvalue weighted by Gasteiger charge is 2.25. The minimum atomic E-state index is -0.882. The molecule has 6 heteroatoms. The molecule has 2 rings (SSSR count). The van der Waals surface area contributed by atoms with Gasteiger partial charge >= 0.3 is 5.97 Å². The lowest BCUT2D eigenvalue weighted by atomic mass is 10.1. The minimum absolute atomic E-state index is 0.546. The van der Waals surface area contributed by atoms with Crippen molar-refractivity contribution in [3.8, 4) is 5.75 Å². The van der Waals surface area contributed by atoms with Crippen molar-refractivity contribution >= 4 is 17.3 Å². The largest absolute Gasteiger partial charge is 0.497 e. The molecule has 1 aromatic carbocycles. The third kappa shape index (κ3) is 3.59. The van der Waals surface area contributed by atoms with Gasteiger partial charge in [-0.25, -0.2) is 4.98 Å². The van der Waals surface area contributed by atoms with Gasteiger partial charge in [-0.1, -0.05) is 12.1 Å². The molecular formula is C15H18N2O3S. The number of aromatic nitrogens is 1. The summed E-state index contributed by atoms with van der Waals surface area (Å²) in [6, 6.07) is 6.44. The van der Waals surface area contributed by atoms with Crippen molar-refractivity contribution < 1.29 is 14.6 Å². The maximum Gasteiger partial charge on any atom is 0.325 e. The lowest BCUT2D eigenvalue weighted by Gasteiger charge is -2.24. The van der Waals surface area contributed by atoms with Gasteiger partial charge < -0.3 is 9.84 Å². The molecule has 0 saturated carbocycles. The number of aryl methyl sites for hydroxylation is 1. The topological polar surface area (TPSA) is 62.7 Å². The fourth-order valence-corrected chi connectivity index (χ4v) is 3.03. The van der Waals surface area contributed by atoms with Gasteiger partial charge in [-0.05, 0) is 31.7 Å². The number of hydrogen-bond acceptors (Lipinski definition) is 5. The number of likely N-dealkylation sites (N-methyl/N-ethyl adjacent to an activating group) is 1. The first-order valence-corrected chi connectivity index (χ1v) is 7.37. The molecule has 1 N–H and O–H groups in total. The van der Waals surface area contributed by atoms with E-state index in [-0.39, 0.29) is 0 Å². The molecule has 0 amide bonds. The van der Waals surface area contributed by atoms with Crippen LogP contribution in [-0.4, -0.2) is 35.1 Å². The summed E-state index contributed by atoms with van der Waals surface area (Å²) < 4.78 is 5.17. The summed E-state index contributed by atoms with van der Waals surface area (Å²) in [6.45, 7) is 2.48. The summed E-state index contributed by atoms with van der Waals surface area (Å²) >= 11 is 1.54. The van der Waals surface area contributed by atoms with Gasteiger partial charge in [0.25, 0.3) is 0 Å². The third-order valence-corrected chi connectivity index (χ3v) is 4.24. The standard InChI is InChI=1S/C15H18N2O3S/c1-10-13(21-9-16-10)8-17(2)14(15(18)19)11-5-4-6-12(7-11)20-3/h4-7,9,14H,8H2,1-3H3,(H,18,19). The highest BCUT2D eigenvalue weighted by Crippen LogP contribution is 2.26. The number of ether oxygens (including phenoxy) is 1. The molecule has 0 fully saturated rings. The molecule has 2 aromatic rings. The summed E-state index contributed by atoms with van der Waals surface area (Å²) in [7, 11) is 3.37. The second kappa shape index (κ2) is 6.69. The normalized spacial score (nSPS) is 12.4. The van der Waals surface area contributed by atoms with Crippen LogP contribution in [0.4, 0.5) is 0 Å². The Labute approximate surface area is 127 Å². The molecule has 5 nitrogen and oxygen atoms in total. The fraction of sp³-hybridized carbons (Fsp3) is 0.333. The lowest BCUT2D eigenvalue weighted by Crippen LogP contribution is -2.30. The summed E-state index contributed by atoms with van der Waals surface area (Å²) in [4.78, 5) is 18.7. The lowest BCUT2D eigenvalue weighted by molar-refractivity contribution is -0.143. The number of carboxylic acid groups (broad SMARTS) is 1. The predicted octanol–water partition coefficient (Wildman–Crippen LogP) is 2.72. The van der Waals surface area contributed by atoms with Crippen LogP contribution in [0.15, 0.2) is 29.8 Å². The van der Waals surface area contributed by atoms with Crippen LogP contribution < -0.4 is 4.74 Å². The maximum atomic E-state index is 11.7. The Morgan fingerprint density at radius 1 is 1.52 bits per heavy atom. The van der Waals surface area contributed by atoms with Gasteiger partial charge in [-0.2, -0.15) is 0 Å². The van der Waals surface area contributed by atoms with Crippen molar-refractivity contribution in [1.29, 1.82) is 0 Å². The van der Waals surface area contributed by atoms with Gasteiger partial charge in [0.15, 0.2) is 0 Å². The minimum Gasteiger partial charge on any atom is -0.497 e. The van der Waals surface area contributed by atoms with Crippen molar-refractivity contribution in [3.05, 3.63) is 45.9 Å². The van der Waals surface area contributed by atoms with Gasteiger partial charge in [0, 0.05) is 11.4 Å². The van der Waals surface area contributed by atoms with Crippen molar-refractivity contribution in [2.24, 2.45) is 0 Å². The molecule has 0 aliphatic rings. The first kappa shape index (κ1) is 15.5. The van der Waals surface area contributed by atoms with Gasteiger partial charge in [0.05, 0.1) is 18.3 Å². The quantitative estimate of drug-likeness (QED) is 0.889. The molecular weight excluding hydrogens is 288 g/mol. The second-order valence-electron chi connectivity index (χ2n) is 4.79. The average molecular weight is 306 g/mol. The highest BCUT2D eigenvalue weighted by molar-refractivity contribution is 7.09. The van der Waals surface area contributed by atoms with Crippen molar-refractivity contribution in [1.82, 2.24) is 9.88 Å². The van der Waals surface area contributed by atoms with Crippen molar-refractivity contribution in [2.45, 2.75) is 19.5 Å². The molecule has 1 atom stereocenters. The molecule has 0 aliphatic heterocycles. The summed E-state index contributed by atoms with van der Waals surface area (Å²) in [5.41, 5.74) is 3.42. The molecule has 1 heterocycles. The highest BCUT2D eigenvalue weighted by atomic mass is 32.1. The van der Waals surface area contributed by atoms with E-state index in [1.807, 2.05) is 6.92 Å². The van der Waals surface area contributed by atoms with Gasteiger partial charge in [-0.3, -0.25) is 9.69 Å². The van der Waals surface area contributed by atoms with Crippen molar-refractivity contribution in [3.63, 3.8) is 0 Å². The van der Waals surface area contributed by atoms with E-state index in [0.717, 1.165) is 10.6 Å². The molecule has 0 aliphatic carbocycles. The zero-order chi connectivity index (χ0) is 15.4. The predicted molar refractivity (Wildman–Crippen MR) is 81.7 cm³/mol. The van der Waals surface area contributed by atoms with Crippen LogP contribution in [0.3, 0.4) is 0 Å². The molecule has 0 radical (unpaired) electrons. The van der Waals surface area contributed by atoms with Gasteiger partial charge in [0.2, 0.25) is 0 Å². The van der Waals surface area contributed by atoms with E-state index >= 15 is 0 Å². The number of carboxylic acids is 1. The average Bonchev–Trinajstić information content (AvgIpc) is 2.84. The van der Waals surface area contributed by atoms with Gasteiger partial charge in [0.1, 0.15) is 11.8 Å². The molecule has 0 spiro atoms. The first-order chi connectivity index (χ1) is 10.0. The second-order valence-corrected chi connectivity index (χ2v) is 5.73. The van der Waals surface area contributed by atoms with Crippen molar-refractivity contribution in [2.75, 3.05) is 14.2 Å². The zero-order valence-electron chi connectivity index (χ0n) is 12.2. The number of benzene rings is 1. The van der Waals surface area contributed by atoms with E-state index in [4.69, 9.17) is 4.74 Å². The molecule has 1 unspecified atom stereocenters. The van der Waals surface area contributed by atoms with E-state index in [0.29, 0.717) is 17.9 Å². The Balaban J connectivity index is 2.25. The number of rotatable bonds is 6. The molecule has 21 heavy (non-hydrogen) atoms. The summed E-state index contributed by atoms with van der Waals surface area (Å²) in [5.74, 6) is -0.228. The van der Waals surface area contributed by atoms with Crippen LogP contribution in [0.5, 0.6) is 5.75 Å². The third-order valence-electron chi connectivity index (χ3n) is 3.32. The number of carbonyl (C=O) groups is 1. The van der Waals surface area contributed by atoms with Crippen LogP contribution in [0, 0.1) is 6.92 Å². The monoisotopic (exact) mass is 306 g/mol. The van der Waals surface area contributed by atoms with Crippen LogP contribution in [0.2, 0.25) is 0 Å². The van der Waals surface area contributed by atoms with E-state index < -0.39 is 12.0 Å².